The van der Waals surface area contributed by atoms with Gasteiger partial charge in [0.1, 0.15) is 0 Å². The van der Waals surface area contributed by atoms with E-state index < -0.39 is 5.97 Å². The van der Waals surface area contributed by atoms with E-state index in [1.165, 1.54) is 19.3 Å². The summed E-state index contributed by atoms with van der Waals surface area (Å²) in [5.41, 5.74) is 2.10. The van der Waals surface area contributed by atoms with Crippen LogP contribution in [0.5, 0.6) is 0 Å². The fourth-order valence-electron chi connectivity index (χ4n) is 3.77. The van der Waals surface area contributed by atoms with Crippen molar-refractivity contribution in [2.45, 2.75) is 31.8 Å². The van der Waals surface area contributed by atoms with E-state index in [1.807, 2.05) is 19.2 Å². The zero-order valence-corrected chi connectivity index (χ0v) is 19.5. The first-order chi connectivity index (χ1) is 15.9. The monoisotopic (exact) mass is 469 g/mol. The van der Waals surface area contributed by atoms with E-state index in [2.05, 4.69) is 15.5 Å². The highest BCUT2D eigenvalue weighted by Crippen LogP contribution is 2.19. The van der Waals surface area contributed by atoms with Gasteiger partial charge in [-0.15, -0.1) is 0 Å². The van der Waals surface area contributed by atoms with Crippen molar-refractivity contribution in [3.63, 3.8) is 0 Å². The molecule has 0 radical (unpaired) electrons. The van der Waals surface area contributed by atoms with E-state index in [0.717, 1.165) is 25.8 Å². The van der Waals surface area contributed by atoms with Crippen molar-refractivity contribution < 1.29 is 19.1 Å². The largest absolute Gasteiger partial charge is 0.465 e. The van der Waals surface area contributed by atoms with Gasteiger partial charge in [-0.25, -0.2) is 4.79 Å². The Bertz CT molecular complexity index is 1050. The van der Waals surface area contributed by atoms with Crippen molar-refractivity contribution in [3.05, 3.63) is 70.3 Å². The summed E-state index contributed by atoms with van der Waals surface area (Å²) in [5.74, 6) is -0.956. The van der Waals surface area contributed by atoms with Crippen molar-refractivity contribution in [1.29, 1.82) is 0 Å². The highest BCUT2D eigenvalue weighted by molar-refractivity contribution is 6.32. The molecule has 174 valence electrons. The van der Waals surface area contributed by atoms with Crippen LogP contribution in [0.15, 0.2) is 48.5 Å². The van der Waals surface area contributed by atoms with Crippen LogP contribution >= 0.6 is 11.6 Å². The quantitative estimate of drug-likeness (QED) is 0.474. The van der Waals surface area contributed by atoms with E-state index in [-0.39, 0.29) is 30.0 Å². The van der Waals surface area contributed by atoms with Crippen LogP contribution in [0.3, 0.4) is 0 Å². The number of nitrogens with zero attached hydrogens (tertiary/aromatic N) is 1. The summed E-state index contributed by atoms with van der Waals surface area (Å²) in [6.45, 7) is 1.13. The van der Waals surface area contributed by atoms with Gasteiger partial charge < -0.3 is 15.4 Å². The molecule has 33 heavy (non-hydrogen) atoms. The van der Waals surface area contributed by atoms with Gasteiger partial charge in [0.25, 0.3) is 0 Å². The second kappa shape index (κ2) is 11.6. The van der Waals surface area contributed by atoms with Gasteiger partial charge in [0.15, 0.2) is 0 Å². The Balaban J connectivity index is 1.71. The summed E-state index contributed by atoms with van der Waals surface area (Å²) >= 11 is 6.11. The van der Waals surface area contributed by atoms with Crippen LogP contribution in [0.2, 0.25) is 5.02 Å². The zero-order valence-electron chi connectivity index (χ0n) is 18.8. The Kier molecular flexibility index (Phi) is 8.63. The molecule has 0 spiro atoms. The van der Waals surface area contributed by atoms with Crippen LogP contribution in [-0.2, 0) is 20.9 Å². The Morgan fingerprint density at radius 3 is 2.70 bits per heavy atom. The molecule has 1 aliphatic heterocycles. The fourth-order valence-corrected chi connectivity index (χ4v) is 3.97. The molecule has 1 atom stereocenters. The minimum Gasteiger partial charge on any atom is -0.465 e. The molecular weight excluding hydrogens is 442 g/mol. The topological polar surface area (TPSA) is 87.7 Å². The Morgan fingerprint density at radius 1 is 1.18 bits per heavy atom. The van der Waals surface area contributed by atoms with Crippen molar-refractivity contribution in [1.82, 2.24) is 10.2 Å². The van der Waals surface area contributed by atoms with Gasteiger partial charge in [-0.1, -0.05) is 36.2 Å². The van der Waals surface area contributed by atoms with Gasteiger partial charge in [-0.2, -0.15) is 0 Å². The molecule has 0 bridgehead atoms. The minimum atomic E-state index is -0.530. The second-order valence-corrected chi connectivity index (χ2v) is 8.37. The van der Waals surface area contributed by atoms with Gasteiger partial charge in [0.05, 0.1) is 18.7 Å². The molecule has 2 N–H and O–H groups in total. The average Bonchev–Trinajstić information content (AvgIpc) is 2.81. The van der Waals surface area contributed by atoms with E-state index in [9.17, 15) is 14.4 Å². The van der Waals surface area contributed by atoms with Crippen LogP contribution in [0.4, 0.5) is 5.69 Å². The summed E-state index contributed by atoms with van der Waals surface area (Å²) < 4.78 is 4.83. The highest BCUT2D eigenvalue weighted by Gasteiger charge is 2.25. The van der Waals surface area contributed by atoms with Crippen LogP contribution in [-0.4, -0.2) is 49.4 Å². The fraction of sp³-hybridized carbons (Fsp3) is 0.320. The van der Waals surface area contributed by atoms with E-state index in [0.29, 0.717) is 21.8 Å². The molecule has 1 aliphatic rings. The van der Waals surface area contributed by atoms with E-state index >= 15 is 0 Å². The van der Waals surface area contributed by atoms with Crippen LogP contribution in [0.25, 0.3) is 6.08 Å². The third-order valence-corrected chi connectivity index (χ3v) is 5.88. The molecule has 0 aromatic heterocycles. The number of piperidine rings is 1. The number of amides is 2. The third-order valence-electron chi connectivity index (χ3n) is 5.54. The van der Waals surface area contributed by atoms with Crippen LogP contribution in [0.1, 0.15) is 40.7 Å². The number of rotatable bonds is 7. The number of benzene rings is 2. The van der Waals surface area contributed by atoms with Gasteiger partial charge in [-0.3, -0.25) is 14.5 Å². The lowest BCUT2D eigenvalue weighted by molar-refractivity contribution is -0.127. The summed E-state index contributed by atoms with van der Waals surface area (Å²) in [5, 5.41) is 6.23. The zero-order chi connectivity index (χ0) is 23.8. The summed E-state index contributed by atoms with van der Waals surface area (Å²) in [6.07, 6.45) is 5.92. The molecule has 7 nitrogen and oxygen atoms in total. The minimum absolute atomic E-state index is 0.0473. The summed E-state index contributed by atoms with van der Waals surface area (Å²) in [6, 6.07) is 11.9. The molecule has 2 aromatic carbocycles. The molecule has 3 rings (SSSR count). The number of carbonyl (C=O) groups is 3. The first-order valence-corrected chi connectivity index (χ1v) is 11.2. The number of hydrogen-bond donors (Lipinski definition) is 2. The number of nitrogens with one attached hydrogen (secondary N) is 2. The number of hydrogen-bond acceptors (Lipinski definition) is 5. The lowest BCUT2D eigenvalue weighted by Gasteiger charge is -2.31. The number of likely N-dealkylation sites (tertiary alicyclic amines) is 1. The molecule has 2 aromatic rings. The first kappa shape index (κ1) is 24.5. The normalized spacial score (nSPS) is 16.4. The average molecular weight is 470 g/mol. The molecule has 1 fully saturated rings. The standard InChI is InChI=1S/C25H28ClN3O4/c1-29-12-6-5-9-22(29)24(31)27-16-17-13-19(25(32)33-2)15-20(14-17)28-23(30)11-10-18-7-3-4-8-21(18)26/h3-4,7-8,10-11,13-15,22H,5-6,9,12,16H2,1-2H3,(H,27,31)(H,28,30)/b11-10+/t22-/m1/s1. The molecule has 0 aliphatic carbocycles. The molecule has 0 saturated carbocycles. The number of esters is 1. The number of ether oxygens (including phenoxy) is 1. The van der Waals surface area contributed by atoms with Crippen molar-refractivity contribution in [2.24, 2.45) is 0 Å². The van der Waals surface area contributed by atoms with Gasteiger partial charge in [0.2, 0.25) is 11.8 Å². The number of anilines is 1. The number of methoxy groups -OCH3 is 1. The van der Waals surface area contributed by atoms with Crippen molar-refractivity contribution >= 4 is 41.1 Å². The van der Waals surface area contributed by atoms with Gasteiger partial charge >= 0.3 is 5.97 Å². The van der Waals surface area contributed by atoms with Crippen molar-refractivity contribution in [2.75, 3.05) is 26.0 Å². The molecule has 8 heteroatoms. The molecule has 1 heterocycles. The van der Waals surface area contributed by atoms with E-state index in [1.54, 1.807) is 30.3 Å². The van der Waals surface area contributed by atoms with Crippen LogP contribution in [0, 0.1) is 0 Å². The second-order valence-electron chi connectivity index (χ2n) is 7.96. The summed E-state index contributed by atoms with van der Waals surface area (Å²) in [4.78, 5) is 39.2. The Labute approximate surface area is 198 Å². The Hall–Kier alpha value is -3.16. The van der Waals surface area contributed by atoms with Gasteiger partial charge in [0, 0.05) is 23.3 Å². The SMILES string of the molecule is COC(=O)c1cc(CNC(=O)[C@H]2CCCCN2C)cc(NC(=O)/C=C/c2ccccc2Cl)c1. The molecule has 1 saturated heterocycles. The van der Waals surface area contributed by atoms with E-state index in [4.69, 9.17) is 16.3 Å². The Morgan fingerprint density at radius 2 is 1.97 bits per heavy atom. The van der Waals surface area contributed by atoms with Crippen molar-refractivity contribution in [3.8, 4) is 0 Å². The highest BCUT2D eigenvalue weighted by atomic mass is 35.5. The maximum Gasteiger partial charge on any atom is 0.337 e. The lowest BCUT2D eigenvalue weighted by atomic mass is 10.0. The predicted molar refractivity (Wildman–Crippen MR) is 129 cm³/mol. The number of halogens is 1. The third kappa shape index (κ3) is 6.91. The van der Waals surface area contributed by atoms with Gasteiger partial charge in [-0.05, 0) is 67.9 Å². The van der Waals surface area contributed by atoms with Crippen LogP contribution < -0.4 is 10.6 Å². The maximum atomic E-state index is 12.6. The lowest BCUT2D eigenvalue weighted by Crippen LogP contribution is -2.47. The predicted octanol–water partition coefficient (Wildman–Crippen LogP) is 3.88. The molecular formula is C25H28ClN3O4. The summed E-state index contributed by atoms with van der Waals surface area (Å²) in [7, 11) is 3.24. The number of carbonyl (C=O) groups excluding carboxylic acids is 3. The molecule has 0 unspecified atom stereocenters. The smallest absolute Gasteiger partial charge is 0.337 e. The molecule has 2 amide bonds. The first-order valence-electron chi connectivity index (χ1n) is 10.8. The maximum absolute atomic E-state index is 12.6. The number of likely N-dealkylation sites (N-methyl/N-ethyl adjacent to an activating group) is 1.